The van der Waals surface area contributed by atoms with Crippen molar-refractivity contribution in [2.24, 2.45) is 16.8 Å². The fourth-order valence-electron chi connectivity index (χ4n) is 1.72. The number of aryl methyl sites for hydroxylation is 1. The molecule has 1 rings (SSSR count). The molecule has 0 saturated carbocycles. The van der Waals surface area contributed by atoms with Gasteiger partial charge in [-0.3, -0.25) is 4.79 Å². The molecule has 0 heterocycles. The largest absolute Gasteiger partial charge is 0.409 e. The van der Waals surface area contributed by atoms with Gasteiger partial charge < -0.3 is 16.3 Å². The molecule has 1 amide bonds. The lowest BCUT2D eigenvalue weighted by Gasteiger charge is -2.14. The van der Waals surface area contributed by atoms with E-state index in [1.165, 1.54) is 0 Å². The molecule has 1 atom stereocenters. The van der Waals surface area contributed by atoms with Gasteiger partial charge in [0.25, 0.3) is 0 Å². The van der Waals surface area contributed by atoms with Crippen LogP contribution in [0.15, 0.2) is 29.4 Å². The monoisotopic (exact) mass is 249 g/mol. The summed E-state index contributed by atoms with van der Waals surface area (Å²) in [6.45, 7) is 3.89. The van der Waals surface area contributed by atoms with Gasteiger partial charge in [0.05, 0.1) is 5.92 Å². The quantitative estimate of drug-likeness (QED) is 0.323. The molecule has 0 fully saturated rings. The topological polar surface area (TPSA) is 87.7 Å². The first-order valence-electron chi connectivity index (χ1n) is 5.93. The summed E-state index contributed by atoms with van der Waals surface area (Å²) in [5.74, 6) is -0.903. The number of oxime groups is 1. The molecule has 0 aliphatic heterocycles. The van der Waals surface area contributed by atoms with E-state index in [0.29, 0.717) is 12.1 Å². The Morgan fingerprint density at radius 3 is 2.83 bits per heavy atom. The molecule has 1 aromatic rings. The van der Waals surface area contributed by atoms with Crippen molar-refractivity contribution < 1.29 is 10.0 Å². The van der Waals surface area contributed by atoms with E-state index in [4.69, 9.17) is 10.9 Å². The van der Waals surface area contributed by atoms with Crippen LogP contribution in [0.25, 0.3) is 0 Å². The summed E-state index contributed by atoms with van der Waals surface area (Å²) in [7, 11) is 0. The van der Waals surface area contributed by atoms with Crippen molar-refractivity contribution in [2.45, 2.75) is 26.7 Å². The average molecular weight is 249 g/mol. The van der Waals surface area contributed by atoms with E-state index in [9.17, 15) is 4.79 Å². The number of amidine groups is 1. The summed E-state index contributed by atoms with van der Waals surface area (Å²) in [6.07, 6.45) is 1.33. The molecule has 98 valence electrons. The Hall–Kier alpha value is -2.04. The molecule has 0 aliphatic carbocycles. The minimum absolute atomic E-state index is 0.0537. The number of nitrogens with zero attached hydrogens (tertiary/aromatic N) is 1. The number of nitrogens with one attached hydrogen (secondary N) is 1. The number of carbonyl (C=O) groups is 1. The predicted octanol–water partition coefficient (Wildman–Crippen LogP) is 2.10. The van der Waals surface area contributed by atoms with Crippen LogP contribution in [0.4, 0.5) is 5.69 Å². The molecule has 0 bridgehead atoms. The summed E-state index contributed by atoms with van der Waals surface area (Å²) in [5, 5.41) is 14.4. The molecule has 0 spiro atoms. The van der Waals surface area contributed by atoms with Gasteiger partial charge in [0.1, 0.15) is 0 Å². The third-order valence-corrected chi connectivity index (χ3v) is 2.65. The van der Waals surface area contributed by atoms with E-state index < -0.39 is 5.92 Å². The summed E-state index contributed by atoms with van der Waals surface area (Å²) < 4.78 is 0. The highest BCUT2D eigenvalue weighted by Crippen LogP contribution is 2.14. The average Bonchev–Trinajstić information content (AvgIpc) is 2.35. The predicted molar refractivity (Wildman–Crippen MR) is 71.6 cm³/mol. The maximum Gasteiger partial charge on any atom is 0.235 e. The smallest absolute Gasteiger partial charge is 0.235 e. The summed E-state index contributed by atoms with van der Waals surface area (Å²) in [4.78, 5) is 12.0. The van der Waals surface area contributed by atoms with E-state index in [2.05, 4.69) is 10.5 Å². The third-order valence-electron chi connectivity index (χ3n) is 2.65. The van der Waals surface area contributed by atoms with Crippen molar-refractivity contribution >= 4 is 17.4 Å². The lowest BCUT2D eigenvalue weighted by atomic mass is 10.0. The molecule has 1 aromatic carbocycles. The van der Waals surface area contributed by atoms with Crippen LogP contribution < -0.4 is 11.1 Å². The van der Waals surface area contributed by atoms with Gasteiger partial charge >= 0.3 is 0 Å². The van der Waals surface area contributed by atoms with Gasteiger partial charge in [-0.15, -0.1) is 0 Å². The highest BCUT2D eigenvalue weighted by molar-refractivity contribution is 6.07. The Morgan fingerprint density at radius 1 is 1.56 bits per heavy atom. The SMILES string of the molecule is CCCC(C(=O)Nc1cccc(C)c1)C(N)=NO. The second kappa shape index (κ2) is 6.64. The van der Waals surface area contributed by atoms with Crippen LogP contribution in [0.1, 0.15) is 25.3 Å². The van der Waals surface area contributed by atoms with Crippen molar-refractivity contribution in [3.8, 4) is 0 Å². The van der Waals surface area contributed by atoms with Gasteiger partial charge in [-0.1, -0.05) is 30.6 Å². The first kappa shape index (κ1) is 14.0. The maximum atomic E-state index is 12.0. The van der Waals surface area contributed by atoms with Gasteiger partial charge in [0.2, 0.25) is 5.91 Å². The van der Waals surface area contributed by atoms with Crippen molar-refractivity contribution in [1.82, 2.24) is 0 Å². The highest BCUT2D eigenvalue weighted by Gasteiger charge is 2.22. The number of hydrogen-bond donors (Lipinski definition) is 3. The Kier molecular flexibility index (Phi) is 5.17. The Bertz CT molecular complexity index is 444. The third kappa shape index (κ3) is 3.76. The van der Waals surface area contributed by atoms with Crippen LogP contribution in [0.2, 0.25) is 0 Å². The van der Waals surface area contributed by atoms with Gasteiger partial charge in [-0.25, -0.2) is 0 Å². The highest BCUT2D eigenvalue weighted by atomic mass is 16.4. The Balaban J connectivity index is 2.79. The second-order valence-electron chi connectivity index (χ2n) is 4.22. The Labute approximate surface area is 107 Å². The zero-order valence-electron chi connectivity index (χ0n) is 10.7. The van der Waals surface area contributed by atoms with E-state index in [-0.39, 0.29) is 11.7 Å². The van der Waals surface area contributed by atoms with Crippen molar-refractivity contribution in [3.63, 3.8) is 0 Å². The molecular formula is C13H19N3O2. The summed E-state index contributed by atoms with van der Waals surface area (Å²) in [6, 6.07) is 7.49. The lowest BCUT2D eigenvalue weighted by Crippen LogP contribution is -2.34. The van der Waals surface area contributed by atoms with Gasteiger partial charge in [-0.2, -0.15) is 0 Å². The zero-order valence-corrected chi connectivity index (χ0v) is 10.7. The van der Waals surface area contributed by atoms with Crippen LogP contribution in [-0.4, -0.2) is 17.0 Å². The number of rotatable bonds is 5. The fourth-order valence-corrected chi connectivity index (χ4v) is 1.72. The van der Waals surface area contributed by atoms with E-state index in [1.807, 2.05) is 32.0 Å². The molecule has 0 aliphatic rings. The van der Waals surface area contributed by atoms with E-state index in [1.54, 1.807) is 6.07 Å². The molecule has 5 heteroatoms. The van der Waals surface area contributed by atoms with Crippen molar-refractivity contribution in [3.05, 3.63) is 29.8 Å². The van der Waals surface area contributed by atoms with Crippen LogP contribution in [0, 0.1) is 12.8 Å². The fraction of sp³-hybridized carbons (Fsp3) is 0.385. The Morgan fingerprint density at radius 2 is 2.28 bits per heavy atom. The van der Waals surface area contributed by atoms with Crippen LogP contribution in [0.3, 0.4) is 0 Å². The molecular weight excluding hydrogens is 230 g/mol. The minimum atomic E-state index is -0.597. The molecule has 0 saturated heterocycles. The van der Waals surface area contributed by atoms with Crippen LogP contribution >= 0.6 is 0 Å². The number of amides is 1. The van der Waals surface area contributed by atoms with E-state index >= 15 is 0 Å². The summed E-state index contributed by atoms with van der Waals surface area (Å²) in [5.41, 5.74) is 7.30. The zero-order chi connectivity index (χ0) is 13.5. The van der Waals surface area contributed by atoms with Gasteiger partial charge in [0, 0.05) is 5.69 Å². The van der Waals surface area contributed by atoms with Crippen molar-refractivity contribution in [1.29, 1.82) is 0 Å². The first-order valence-corrected chi connectivity index (χ1v) is 5.93. The number of carbonyl (C=O) groups excluding carboxylic acids is 1. The normalized spacial score (nSPS) is 13.1. The molecule has 18 heavy (non-hydrogen) atoms. The van der Waals surface area contributed by atoms with Crippen LogP contribution in [0.5, 0.6) is 0 Å². The summed E-state index contributed by atoms with van der Waals surface area (Å²) >= 11 is 0. The molecule has 1 unspecified atom stereocenters. The second-order valence-corrected chi connectivity index (χ2v) is 4.22. The molecule has 0 aromatic heterocycles. The standard InChI is InChI=1S/C13H19N3O2/c1-3-5-11(12(14)16-18)13(17)15-10-7-4-6-9(2)8-10/h4,6-8,11,18H,3,5H2,1-2H3,(H2,14,16)(H,15,17). The first-order chi connectivity index (χ1) is 8.58. The van der Waals surface area contributed by atoms with Gasteiger partial charge in [-0.05, 0) is 31.0 Å². The number of nitrogens with two attached hydrogens (primary N) is 1. The maximum absolute atomic E-state index is 12.0. The number of hydrogen-bond acceptors (Lipinski definition) is 3. The van der Waals surface area contributed by atoms with Crippen molar-refractivity contribution in [2.75, 3.05) is 5.32 Å². The lowest BCUT2D eigenvalue weighted by molar-refractivity contribution is -0.118. The molecule has 4 N–H and O–H groups in total. The van der Waals surface area contributed by atoms with Crippen LogP contribution in [-0.2, 0) is 4.79 Å². The molecule has 0 radical (unpaired) electrons. The molecule has 5 nitrogen and oxygen atoms in total. The van der Waals surface area contributed by atoms with Gasteiger partial charge in [0.15, 0.2) is 5.84 Å². The number of benzene rings is 1. The minimum Gasteiger partial charge on any atom is -0.409 e. The van der Waals surface area contributed by atoms with E-state index in [0.717, 1.165) is 12.0 Å². The number of anilines is 1.